The van der Waals surface area contributed by atoms with Crippen molar-refractivity contribution in [2.75, 3.05) is 0 Å². The van der Waals surface area contributed by atoms with Gasteiger partial charge >= 0.3 is 5.97 Å². The first-order valence-electron chi connectivity index (χ1n) is 4.99. The Morgan fingerprint density at radius 3 is 2.31 bits per heavy atom. The molecule has 0 heterocycles. The summed E-state index contributed by atoms with van der Waals surface area (Å²) >= 11 is 2.17. The molecule has 1 aromatic rings. The van der Waals surface area contributed by atoms with Crippen LogP contribution in [0.25, 0.3) is 0 Å². The summed E-state index contributed by atoms with van der Waals surface area (Å²) in [6.45, 7) is 1.78. The Balaban J connectivity index is 2.58. The highest BCUT2D eigenvalue weighted by Crippen LogP contribution is 2.14. The topological polar surface area (TPSA) is 54.4 Å². The van der Waals surface area contributed by atoms with Gasteiger partial charge in [0.15, 0.2) is 5.78 Å². The highest BCUT2D eigenvalue weighted by molar-refractivity contribution is 14.1. The predicted octanol–water partition coefficient (Wildman–Crippen LogP) is 2.97. The van der Waals surface area contributed by atoms with Crippen molar-refractivity contribution in [2.24, 2.45) is 5.92 Å². The van der Waals surface area contributed by atoms with Gasteiger partial charge in [0.25, 0.3) is 0 Å². The molecule has 0 amide bonds. The number of aliphatic carboxylic acids is 1. The molecule has 0 radical (unpaired) electrons. The Bertz CT molecular complexity index is 384. The van der Waals surface area contributed by atoms with Crippen molar-refractivity contribution < 1.29 is 14.7 Å². The van der Waals surface area contributed by atoms with E-state index in [0.717, 1.165) is 3.57 Å². The zero-order valence-electron chi connectivity index (χ0n) is 8.94. The van der Waals surface area contributed by atoms with Crippen molar-refractivity contribution in [3.05, 3.63) is 33.4 Å². The van der Waals surface area contributed by atoms with Crippen molar-refractivity contribution >= 4 is 34.3 Å². The van der Waals surface area contributed by atoms with Gasteiger partial charge in [-0.3, -0.25) is 9.59 Å². The molecule has 0 aliphatic carbocycles. The lowest BCUT2D eigenvalue weighted by Crippen LogP contribution is -2.10. The fourth-order valence-corrected chi connectivity index (χ4v) is 1.80. The van der Waals surface area contributed by atoms with Gasteiger partial charge in [0, 0.05) is 22.0 Å². The molecule has 0 saturated carbocycles. The summed E-state index contributed by atoms with van der Waals surface area (Å²) in [6, 6.07) is 7.29. The molecule has 4 heteroatoms. The third kappa shape index (κ3) is 4.30. The number of hydrogen-bond acceptors (Lipinski definition) is 2. The number of benzene rings is 1. The molecule has 0 bridgehead atoms. The molecular formula is C12H13IO3. The summed E-state index contributed by atoms with van der Waals surface area (Å²) in [5.74, 6) is -0.975. The molecule has 0 aliphatic heterocycles. The first-order chi connectivity index (χ1) is 7.49. The number of carboxylic acid groups (broad SMARTS) is 1. The summed E-state index contributed by atoms with van der Waals surface area (Å²) in [7, 11) is 0. The van der Waals surface area contributed by atoms with Gasteiger partial charge in [0.2, 0.25) is 0 Å². The van der Waals surface area contributed by atoms with Crippen LogP contribution in [0.15, 0.2) is 24.3 Å². The predicted molar refractivity (Wildman–Crippen MR) is 69.5 cm³/mol. The van der Waals surface area contributed by atoms with Gasteiger partial charge in [0.1, 0.15) is 0 Å². The number of hydrogen-bond donors (Lipinski definition) is 1. The van der Waals surface area contributed by atoms with Crippen LogP contribution in [0.2, 0.25) is 0 Å². The molecular weight excluding hydrogens is 319 g/mol. The molecule has 86 valence electrons. The lowest BCUT2D eigenvalue weighted by Gasteiger charge is -2.07. The quantitative estimate of drug-likeness (QED) is 0.666. The highest BCUT2D eigenvalue weighted by Gasteiger charge is 2.13. The van der Waals surface area contributed by atoms with Crippen LogP contribution in [0.5, 0.6) is 0 Å². The number of carbonyl (C=O) groups excluding carboxylic acids is 1. The van der Waals surface area contributed by atoms with Crippen LogP contribution in [-0.2, 0) is 4.79 Å². The van der Waals surface area contributed by atoms with Gasteiger partial charge in [0.05, 0.1) is 0 Å². The van der Waals surface area contributed by atoms with Crippen molar-refractivity contribution in [3.63, 3.8) is 0 Å². The van der Waals surface area contributed by atoms with Crippen LogP contribution in [0, 0.1) is 9.49 Å². The van der Waals surface area contributed by atoms with E-state index in [0.29, 0.717) is 5.56 Å². The van der Waals surface area contributed by atoms with Crippen LogP contribution in [-0.4, -0.2) is 16.9 Å². The van der Waals surface area contributed by atoms with Gasteiger partial charge in [-0.2, -0.15) is 0 Å². The minimum Gasteiger partial charge on any atom is -0.481 e. The second-order valence-electron chi connectivity index (χ2n) is 3.84. The second-order valence-corrected chi connectivity index (χ2v) is 5.08. The summed E-state index contributed by atoms with van der Waals surface area (Å²) in [5, 5.41) is 8.59. The SMILES string of the molecule is CC(CC(=O)O)CC(=O)c1ccc(I)cc1. The first-order valence-corrected chi connectivity index (χ1v) is 6.07. The Morgan fingerprint density at radius 2 is 1.81 bits per heavy atom. The van der Waals surface area contributed by atoms with Gasteiger partial charge in [-0.25, -0.2) is 0 Å². The molecule has 1 atom stereocenters. The van der Waals surface area contributed by atoms with Crippen molar-refractivity contribution in [1.29, 1.82) is 0 Å². The summed E-state index contributed by atoms with van der Waals surface area (Å²) in [6.07, 6.45) is 0.322. The monoisotopic (exact) mass is 332 g/mol. The standard InChI is InChI=1S/C12H13IO3/c1-8(7-12(15)16)6-11(14)9-2-4-10(13)5-3-9/h2-5,8H,6-7H2,1H3,(H,15,16). The van der Waals surface area contributed by atoms with Crippen LogP contribution in [0.1, 0.15) is 30.1 Å². The maximum Gasteiger partial charge on any atom is 0.303 e. The van der Waals surface area contributed by atoms with Gasteiger partial charge in [-0.1, -0.05) is 19.1 Å². The molecule has 3 nitrogen and oxygen atoms in total. The van der Waals surface area contributed by atoms with E-state index in [4.69, 9.17) is 5.11 Å². The Labute approximate surface area is 108 Å². The Kier molecular flexibility index (Phi) is 4.92. The minimum atomic E-state index is -0.858. The van der Waals surface area contributed by atoms with Crippen molar-refractivity contribution in [3.8, 4) is 0 Å². The molecule has 0 fully saturated rings. The highest BCUT2D eigenvalue weighted by atomic mass is 127. The molecule has 1 unspecified atom stereocenters. The van der Waals surface area contributed by atoms with Crippen molar-refractivity contribution in [1.82, 2.24) is 0 Å². The number of Topliss-reactive ketones (excluding diaryl/α,β-unsaturated/α-hetero) is 1. The summed E-state index contributed by atoms with van der Waals surface area (Å²) in [5.41, 5.74) is 0.651. The molecule has 1 N–H and O–H groups in total. The molecule has 0 aromatic heterocycles. The maximum atomic E-state index is 11.8. The third-order valence-corrected chi connectivity index (χ3v) is 2.94. The molecule has 0 saturated heterocycles. The van der Waals surface area contributed by atoms with Crippen LogP contribution in [0.3, 0.4) is 0 Å². The van der Waals surface area contributed by atoms with Gasteiger partial charge in [-0.15, -0.1) is 0 Å². The molecule has 1 aromatic carbocycles. The van der Waals surface area contributed by atoms with E-state index in [-0.39, 0.29) is 24.5 Å². The first kappa shape index (κ1) is 13.2. The lowest BCUT2D eigenvalue weighted by molar-refractivity contribution is -0.137. The van der Waals surface area contributed by atoms with Crippen LogP contribution in [0.4, 0.5) is 0 Å². The van der Waals surface area contributed by atoms with E-state index >= 15 is 0 Å². The van der Waals surface area contributed by atoms with E-state index in [1.54, 1.807) is 19.1 Å². The molecule has 16 heavy (non-hydrogen) atoms. The second kappa shape index (κ2) is 5.98. The summed E-state index contributed by atoms with van der Waals surface area (Å²) in [4.78, 5) is 22.2. The van der Waals surface area contributed by atoms with E-state index in [9.17, 15) is 9.59 Å². The number of halogens is 1. The zero-order valence-corrected chi connectivity index (χ0v) is 11.1. The van der Waals surface area contributed by atoms with E-state index < -0.39 is 5.97 Å². The average molecular weight is 332 g/mol. The smallest absolute Gasteiger partial charge is 0.303 e. The van der Waals surface area contributed by atoms with Crippen LogP contribution >= 0.6 is 22.6 Å². The molecule has 0 aliphatic rings. The number of ketones is 1. The van der Waals surface area contributed by atoms with E-state index in [1.165, 1.54) is 0 Å². The van der Waals surface area contributed by atoms with Crippen molar-refractivity contribution in [2.45, 2.75) is 19.8 Å². The number of carbonyl (C=O) groups is 2. The summed E-state index contributed by atoms with van der Waals surface area (Å²) < 4.78 is 1.08. The Hall–Kier alpha value is -0.910. The van der Waals surface area contributed by atoms with Gasteiger partial charge in [-0.05, 0) is 40.6 Å². The van der Waals surface area contributed by atoms with E-state index in [2.05, 4.69) is 22.6 Å². The van der Waals surface area contributed by atoms with Crippen LogP contribution < -0.4 is 0 Å². The maximum absolute atomic E-state index is 11.8. The van der Waals surface area contributed by atoms with Gasteiger partial charge < -0.3 is 5.11 Å². The zero-order chi connectivity index (χ0) is 12.1. The third-order valence-electron chi connectivity index (χ3n) is 2.22. The fraction of sp³-hybridized carbons (Fsp3) is 0.333. The normalized spacial score (nSPS) is 12.1. The lowest BCUT2D eigenvalue weighted by atomic mass is 9.97. The average Bonchev–Trinajstić information content (AvgIpc) is 2.16. The fourth-order valence-electron chi connectivity index (χ4n) is 1.44. The van der Waals surface area contributed by atoms with E-state index in [1.807, 2.05) is 12.1 Å². The molecule has 1 rings (SSSR count). The number of carboxylic acids is 1. The minimum absolute atomic E-state index is 0.00477. The number of rotatable bonds is 5. The Morgan fingerprint density at radius 1 is 1.25 bits per heavy atom. The molecule has 0 spiro atoms. The largest absolute Gasteiger partial charge is 0.481 e.